The van der Waals surface area contributed by atoms with Crippen LogP contribution in [0, 0.1) is 0 Å². The summed E-state index contributed by atoms with van der Waals surface area (Å²) in [6.07, 6.45) is -117. The molecular weight excluding hydrogens is 1820 g/mol. The second-order valence-electron chi connectivity index (χ2n) is 33.7. The third kappa shape index (κ3) is 21.3. The van der Waals surface area contributed by atoms with Gasteiger partial charge in [-0.25, -0.2) is 0 Å². The molecule has 36 N–H and O–H groups in total. The van der Waals surface area contributed by atoms with Crippen molar-refractivity contribution in [3.05, 3.63) is 0 Å². The van der Waals surface area contributed by atoms with Gasteiger partial charge in [-0.15, -0.1) is 0 Å². The van der Waals surface area contributed by atoms with Gasteiger partial charge in [0.05, 0.1) is 79.3 Å². The van der Waals surface area contributed by atoms with Crippen LogP contribution in [0.1, 0.15) is 0 Å². The molecule has 0 aliphatic carbocycles. The summed E-state index contributed by atoms with van der Waals surface area (Å²) in [7, 11) is 0. The van der Waals surface area contributed by atoms with E-state index >= 15 is 0 Å². The molecule has 44 aliphatic heterocycles. The van der Waals surface area contributed by atoms with Gasteiger partial charge in [-0.05, 0) is 0 Å². The maximum Gasteiger partial charge on any atom is 0.187 e. The first-order valence-corrected chi connectivity index (χ1v) is 42.2. The third-order valence-corrected chi connectivity index (χ3v) is 25.3. The lowest BCUT2D eigenvalue weighted by Crippen LogP contribution is -2.69. The molecule has 768 valence electrons. The van der Waals surface area contributed by atoms with Gasteiger partial charge < -0.3 is 298 Å². The van der Waals surface area contributed by atoms with Crippen LogP contribution in [0.5, 0.6) is 0 Å². The van der Waals surface area contributed by atoms with Crippen molar-refractivity contribution in [2.24, 2.45) is 0 Å². The van der Waals surface area contributed by atoms with Crippen LogP contribution in [0.4, 0.5) is 0 Å². The van der Waals surface area contributed by atoms with E-state index < -0.39 is 448 Å². The van der Waals surface area contributed by atoms with Crippen LogP contribution in [-0.4, -0.2) is 632 Å². The molecule has 0 aromatic carbocycles. The smallest absolute Gasteiger partial charge is 0.187 e. The van der Waals surface area contributed by atoms with Gasteiger partial charge in [-0.1, -0.05) is 0 Å². The fourth-order valence-electron chi connectivity index (χ4n) is 17.9. The highest BCUT2D eigenvalue weighted by atomic mass is 16.8. The minimum atomic E-state index is -2.15. The van der Waals surface area contributed by atoms with Gasteiger partial charge in [0.25, 0.3) is 0 Å². The molecule has 132 heavy (non-hydrogen) atoms. The largest absolute Gasteiger partial charge is 0.394 e. The molecule has 44 aliphatic rings. The van der Waals surface area contributed by atoms with Crippen molar-refractivity contribution in [2.45, 2.75) is 368 Å². The van der Waals surface area contributed by atoms with Crippen molar-refractivity contribution in [3.63, 3.8) is 0 Å². The highest BCUT2D eigenvalue weighted by Crippen LogP contribution is 2.43. The van der Waals surface area contributed by atoms with Gasteiger partial charge in [-0.2, -0.15) is 0 Å². The van der Waals surface area contributed by atoms with E-state index in [1.165, 1.54) is 0 Å². The molecule has 0 aromatic rings. The van der Waals surface area contributed by atoms with Crippen LogP contribution >= 0.6 is 0 Å². The Hall–Kier alpha value is -2.40. The number of hydrogen-bond donors (Lipinski definition) is 36. The predicted molar refractivity (Wildman–Crippen MR) is 392 cm³/mol. The molecular formula is C72H120O60. The second kappa shape index (κ2) is 45.9. The summed E-state index contributed by atoms with van der Waals surface area (Å²) in [5.41, 5.74) is 0. The number of aliphatic hydroxyl groups excluding tert-OH is 36. The molecule has 44 fully saturated rings. The molecule has 0 aromatic heterocycles. The van der Waals surface area contributed by atoms with Crippen molar-refractivity contribution in [3.8, 4) is 0 Å². The molecule has 0 radical (unpaired) electrons. The third-order valence-electron chi connectivity index (χ3n) is 25.3. The highest BCUT2D eigenvalue weighted by molar-refractivity contribution is 5.06. The Kier molecular flexibility index (Phi) is 37.2. The molecule has 44 rings (SSSR count). The van der Waals surface area contributed by atoms with E-state index in [1.807, 2.05) is 0 Å². The monoisotopic (exact) mass is 1940 g/mol. The van der Waals surface area contributed by atoms with Gasteiger partial charge in [0.15, 0.2) is 75.5 Å². The van der Waals surface area contributed by atoms with E-state index in [0.717, 1.165) is 0 Å². The second-order valence-corrected chi connectivity index (χ2v) is 33.7. The zero-order valence-electron chi connectivity index (χ0n) is 69.0. The Morgan fingerprint density at radius 1 is 0.0909 bits per heavy atom. The molecule has 0 amide bonds. The fourth-order valence-corrected chi connectivity index (χ4v) is 17.9. The lowest BCUT2D eigenvalue weighted by molar-refractivity contribution is -0.404. The SMILES string of the molecule is OC[C@H]1O[C@@H]2O[C@H]3[C@H](O)[C@@H](O)[C@@H](O[C@H]4[C@H](O)[C@@H](O)[C@@H](O[C@H]5[C@H](O)[C@@H](O)[C@@H](O[C@H]6[C@H](O)[C@@H](O)[C@@H](O[C@H]7[C@H](O)[C@@H](O)[C@@H](O[C@H]1[C@H](O)[C@H]2O)O[C@@H]7CO)O[C@@H]6CO)O[C@@H]5CO)O[C@@H]4CO)O[C@@H]3CO.OC[C@H]1O[C@@H]2O[C@H]3[C@H](O)[C@@H](O)[C@@H](O[C@H]4[C@H](O)[C@@H](O)[C@@H](O[C@H]5[C@H](O)[C@@H](O)[C@@H](O[C@H]6[C@H](O)[C@@H](O)[C@@H](O[C@H]7[C@H](O)[C@@H](O)[C@@H](O[C@H]1[C@H](O)[C@H]2O)O[C@@H]7CO)O[C@@H]6CO)O[C@@H]5CO)O[C@@H]4CO)O[C@@H]3CO. The molecule has 0 spiro atoms. The maximum atomic E-state index is 11.2. The summed E-state index contributed by atoms with van der Waals surface area (Å²) in [5.74, 6) is 0. The number of ether oxygens (including phenoxy) is 24. The zero-order chi connectivity index (χ0) is 96.1. The lowest BCUT2D eigenvalue weighted by Gasteiger charge is -2.50. The van der Waals surface area contributed by atoms with Gasteiger partial charge in [0, 0.05) is 0 Å². The fraction of sp³-hybridized carbons (Fsp3) is 1.00. The average Bonchev–Trinajstić information content (AvgIpc) is 0.766. The molecule has 44 saturated heterocycles. The van der Waals surface area contributed by atoms with Crippen molar-refractivity contribution < 1.29 is 298 Å². The number of aliphatic hydroxyl groups is 36. The molecule has 0 saturated carbocycles. The highest BCUT2D eigenvalue weighted by Gasteiger charge is 2.64. The summed E-state index contributed by atoms with van der Waals surface area (Å²) in [5, 5.41) is 391. The summed E-state index contributed by atoms with van der Waals surface area (Å²) in [4.78, 5) is 0. The first-order chi connectivity index (χ1) is 62.8. The van der Waals surface area contributed by atoms with E-state index in [-0.39, 0.29) is 0 Å². The number of rotatable bonds is 12. The topological polar surface area (TPSA) is 950 Å². The average molecular weight is 1950 g/mol. The first kappa shape index (κ1) is 107. The van der Waals surface area contributed by atoms with Crippen molar-refractivity contribution >= 4 is 0 Å². The summed E-state index contributed by atoms with van der Waals surface area (Å²) < 4.78 is 136. The summed E-state index contributed by atoms with van der Waals surface area (Å²) in [6.45, 7) is -12.0. The van der Waals surface area contributed by atoms with Crippen molar-refractivity contribution in [1.29, 1.82) is 0 Å². The van der Waals surface area contributed by atoms with Crippen LogP contribution in [-0.2, 0) is 114 Å². The van der Waals surface area contributed by atoms with Gasteiger partial charge in [0.2, 0.25) is 0 Å². The first-order valence-electron chi connectivity index (χ1n) is 42.2. The molecule has 60 atom stereocenters. The standard InChI is InChI=1S/2C36H60O30/c2*37-1-7-25-13(43)19(49)31(55-7)62-26-8(2-38)57-33(21(51)15(26)45)64-28-10(4-40)59-35(23(53)17(28)47)66-30-12(6-42)60-36(24(54)18(30)48)65-29-11(5-41)58-34(22(52)16(29)46)63-27-9(3-39)56-32(61-25)20(50)14(27)44/h2*7-54H,1-6H2/t2*7-,8-,9-,10-,11-,12-,13-,14-,15-,16-,17-,18-,19-,20-,21-,22-,23-,24-,25-,26-,27-,28-,29-,30-,31-,32-,33-,34-,35-,36-/m11/s1. The van der Waals surface area contributed by atoms with E-state index in [1.54, 1.807) is 0 Å². The maximum absolute atomic E-state index is 11.2. The molecule has 44 heterocycles. The molecule has 60 heteroatoms. The number of hydrogen-bond acceptors (Lipinski definition) is 60. The van der Waals surface area contributed by atoms with Gasteiger partial charge in [0.1, 0.15) is 293 Å². The zero-order valence-corrected chi connectivity index (χ0v) is 69.0. The Bertz CT molecular complexity index is 2680. The van der Waals surface area contributed by atoms with Crippen LogP contribution < -0.4 is 0 Å². The Balaban J connectivity index is 0.000000224. The van der Waals surface area contributed by atoms with E-state index in [2.05, 4.69) is 0 Å². The van der Waals surface area contributed by atoms with E-state index in [4.69, 9.17) is 114 Å². The van der Waals surface area contributed by atoms with Crippen LogP contribution in [0.15, 0.2) is 0 Å². The van der Waals surface area contributed by atoms with Crippen LogP contribution in [0.3, 0.4) is 0 Å². The van der Waals surface area contributed by atoms with Crippen molar-refractivity contribution in [2.75, 3.05) is 79.3 Å². The lowest BCUT2D eigenvalue weighted by atomic mass is 9.94. The minimum absolute atomic E-state index is 0.999. The Labute approximate surface area is 743 Å². The van der Waals surface area contributed by atoms with Crippen LogP contribution in [0.2, 0.25) is 0 Å². The quantitative estimate of drug-likeness (QED) is 0.0863. The van der Waals surface area contributed by atoms with Crippen LogP contribution in [0.25, 0.3) is 0 Å². The van der Waals surface area contributed by atoms with Gasteiger partial charge in [-0.3, -0.25) is 0 Å². The van der Waals surface area contributed by atoms with E-state index in [0.29, 0.717) is 0 Å². The van der Waals surface area contributed by atoms with Gasteiger partial charge >= 0.3 is 0 Å². The Morgan fingerprint density at radius 2 is 0.152 bits per heavy atom. The summed E-state index contributed by atoms with van der Waals surface area (Å²) in [6, 6.07) is 0. The summed E-state index contributed by atoms with van der Waals surface area (Å²) >= 11 is 0. The Morgan fingerprint density at radius 3 is 0.205 bits per heavy atom. The van der Waals surface area contributed by atoms with Crippen molar-refractivity contribution in [1.82, 2.24) is 0 Å². The minimum Gasteiger partial charge on any atom is -0.394 e. The molecule has 0 unspecified atom stereocenters. The predicted octanol–water partition coefficient (Wildman–Crippen LogP) is -26.1. The molecule has 24 bridgehead atoms. The molecule has 60 nitrogen and oxygen atoms in total. The normalized spacial score (nSPS) is 55.4. The van der Waals surface area contributed by atoms with E-state index in [9.17, 15) is 184 Å².